The van der Waals surface area contributed by atoms with Crippen LogP contribution in [0.1, 0.15) is 168 Å². The zero-order valence-electron chi connectivity index (χ0n) is 30.6. The topological polar surface area (TPSA) is 54.0 Å². The van der Waals surface area contributed by atoms with Crippen LogP contribution in [-0.2, 0) is 23.7 Å². The summed E-state index contributed by atoms with van der Waals surface area (Å²) in [6.45, 7) is 10.4. The summed E-state index contributed by atoms with van der Waals surface area (Å²) in [5.74, 6) is 0.0110. The van der Waals surface area contributed by atoms with Crippen LogP contribution in [0.15, 0.2) is 0 Å². The number of likely N-dealkylation sites (N-methyl/N-ethyl adjacent to an activating group) is 1. The second kappa shape index (κ2) is 24.5. The molecule has 0 aromatic rings. The Morgan fingerprint density at radius 2 is 1.02 bits per heavy atom. The largest absolute Gasteiger partial charge is 0.460 e. The first-order valence-electron chi connectivity index (χ1n) is 19.6. The number of hydrogen-bond acceptors (Lipinski definition) is 5. The maximum Gasteiger partial charge on any atom is 0.306 e. The number of carbonyl (C=O) groups excluding carboxylic acids is 1. The van der Waals surface area contributed by atoms with E-state index < -0.39 is 0 Å². The molecule has 0 saturated heterocycles. The molecule has 0 heterocycles. The van der Waals surface area contributed by atoms with Gasteiger partial charge in [-0.05, 0) is 81.5 Å². The van der Waals surface area contributed by atoms with Gasteiger partial charge < -0.3 is 23.4 Å². The Labute approximate surface area is 279 Å². The number of quaternary nitrogens is 1. The van der Waals surface area contributed by atoms with Crippen molar-refractivity contribution in [3.63, 3.8) is 0 Å². The van der Waals surface area contributed by atoms with Gasteiger partial charge in [0.25, 0.3) is 0 Å². The number of esters is 1. The third-order valence-electron chi connectivity index (χ3n) is 11.2. The first-order chi connectivity index (χ1) is 21.8. The molecule has 6 nitrogen and oxygen atoms in total. The number of unbranched alkanes of at least 4 members (excludes halogenated alkanes) is 13. The summed E-state index contributed by atoms with van der Waals surface area (Å²) in [5.41, 5.74) is 0.813. The summed E-state index contributed by atoms with van der Waals surface area (Å²) in [6, 6.07) is 0. The van der Waals surface area contributed by atoms with Crippen molar-refractivity contribution in [2.75, 3.05) is 67.0 Å². The second-order valence-corrected chi connectivity index (χ2v) is 15.5. The fourth-order valence-corrected chi connectivity index (χ4v) is 7.57. The van der Waals surface area contributed by atoms with Gasteiger partial charge in [0.15, 0.2) is 0 Å². The highest BCUT2D eigenvalue weighted by Crippen LogP contribution is 2.60. The summed E-state index contributed by atoms with van der Waals surface area (Å²) in [7, 11) is 4.57. The molecule has 0 spiro atoms. The number of rotatable bonds is 31. The molecule has 0 radical (unpaired) electrons. The normalized spacial score (nSPS) is 21.4. The zero-order valence-corrected chi connectivity index (χ0v) is 30.6. The molecule has 3 aliphatic carbocycles. The van der Waals surface area contributed by atoms with Crippen LogP contribution in [0.25, 0.3) is 0 Å². The molecule has 0 aromatic heterocycles. The number of hydrogen-bond donors (Lipinski definition) is 0. The fraction of sp³-hybridized carbons (Fsp3) is 0.974. The van der Waals surface area contributed by atoms with E-state index in [0.717, 1.165) is 43.5 Å². The smallest absolute Gasteiger partial charge is 0.306 e. The molecular weight excluding hydrogens is 562 g/mol. The highest BCUT2D eigenvalue weighted by molar-refractivity contribution is 5.69. The van der Waals surface area contributed by atoms with E-state index in [2.05, 4.69) is 27.9 Å². The number of ether oxygens (including phenoxy) is 4. The third kappa shape index (κ3) is 19.0. The van der Waals surface area contributed by atoms with Gasteiger partial charge in [-0.15, -0.1) is 0 Å². The molecule has 266 valence electrons. The molecule has 0 amide bonds. The van der Waals surface area contributed by atoms with Crippen LogP contribution in [0.2, 0.25) is 0 Å². The molecule has 0 unspecified atom stereocenters. The lowest BCUT2D eigenvalue weighted by Gasteiger charge is -2.54. The molecule has 2 bridgehead atoms. The van der Waals surface area contributed by atoms with E-state index in [0.29, 0.717) is 43.9 Å². The predicted octanol–water partition coefficient (Wildman–Crippen LogP) is 10.0. The number of nitrogens with zero attached hydrogens (tertiary/aromatic N) is 1. The lowest BCUT2D eigenvalue weighted by atomic mass is 9.52. The molecular formula is C39H76NO5+. The van der Waals surface area contributed by atoms with Gasteiger partial charge in [0, 0.05) is 19.6 Å². The van der Waals surface area contributed by atoms with Gasteiger partial charge in [-0.2, -0.15) is 0 Å². The molecule has 0 atom stereocenters. The molecule has 3 saturated carbocycles. The summed E-state index contributed by atoms with van der Waals surface area (Å²) in [6.07, 6.45) is 30.6. The monoisotopic (exact) mass is 639 g/mol. The molecule has 3 rings (SSSR count). The van der Waals surface area contributed by atoms with E-state index in [9.17, 15) is 4.79 Å². The van der Waals surface area contributed by atoms with Crippen molar-refractivity contribution < 1.29 is 28.2 Å². The first kappa shape index (κ1) is 40.5. The van der Waals surface area contributed by atoms with Crippen LogP contribution in [-0.4, -0.2) is 77.5 Å². The molecule has 0 N–H and O–H groups in total. The van der Waals surface area contributed by atoms with Gasteiger partial charge in [-0.1, -0.05) is 90.9 Å². The highest BCUT2D eigenvalue weighted by Gasteiger charge is 2.48. The maximum atomic E-state index is 12.6. The van der Waals surface area contributed by atoms with Gasteiger partial charge in [0.1, 0.15) is 19.9 Å². The van der Waals surface area contributed by atoms with Crippen LogP contribution < -0.4 is 0 Å². The van der Waals surface area contributed by atoms with E-state index in [1.807, 2.05) is 0 Å². The molecule has 3 aliphatic rings. The lowest BCUT2D eigenvalue weighted by molar-refractivity contribution is -0.890. The standard InChI is InChI=1S/C39H76NO5/c1-5-7-9-10-11-12-13-14-15-16-17-18-29-40(3,4)30-33-45-37(41)20-21-38-22-25-39(26-23-38,27-24-38)28-32-43-36-44-35-34-42-31-19-8-6-2/h5-36H2,1-4H3/q+1. The number of fused-ring (bicyclic) bond motifs is 3. The Bertz CT molecular complexity index is 702. The van der Waals surface area contributed by atoms with Gasteiger partial charge >= 0.3 is 5.97 Å². The molecule has 3 fully saturated rings. The fourth-order valence-electron chi connectivity index (χ4n) is 7.57. The molecule has 6 heteroatoms. The molecule has 45 heavy (non-hydrogen) atoms. The Morgan fingerprint density at radius 1 is 0.533 bits per heavy atom. The van der Waals surface area contributed by atoms with Crippen molar-refractivity contribution >= 4 is 5.97 Å². The minimum atomic E-state index is 0.0110. The third-order valence-corrected chi connectivity index (χ3v) is 11.2. The summed E-state index contributed by atoms with van der Waals surface area (Å²) < 4.78 is 23.7. The van der Waals surface area contributed by atoms with E-state index >= 15 is 0 Å². The summed E-state index contributed by atoms with van der Waals surface area (Å²) in [5, 5.41) is 0. The van der Waals surface area contributed by atoms with Crippen molar-refractivity contribution in [1.82, 2.24) is 0 Å². The van der Waals surface area contributed by atoms with E-state index in [4.69, 9.17) is 18.9 Å². The average Bonchev–Trinajstić information content (AvgIpc) is 3.04. The Morgan fingerprint density at radius 3 is 1.62 bits per heavy atom. The van der Waals surface area contributed by atoms with Gasteiger partial charge in [0.2, 0.25) is 0 Å². The van der Waals surface area contributed by atoms with Crippen molar-refractivity contribution in [2.45, 2.75) is 168 Å². The van der Waals surface area contributed by atoms with Crippen molar-refractivity contribution in [3.05, 3.63) is 0 Å². The first-order valence-corrected chi connectivity index (χ1v) is 19.6. The molecule has 0 aromatic carbocycles. The quantitative estimate of drug-likeness (QED) is 0.0327. The van der Waals surface area contributed by atoms with Crippen LogP contribution in [0.4, 0.5) is 0 Å². The van der Waals surface area contributed by atoms with E-state index in [1.54, 1.807) is 0 Å². The van der Waals surface area contributed by atoms with Crippen molar-refractivity contribution in [1.29, 1.82) is 0 Å². The Hall–Kier alpha value is -0.690. The van der Waals surface area contributed by atoms with E-state index in [1.165, 1.54) is 135 Å². The maximum absolute atomic E-state index is 12.6. The van der Waals surface area contributed by atoms with Crippen molar-refractivity contribution in [2.24, 2.45) is 10.8 Å². The lowest BCUT2D eigenvalue weighted by Crippen LogP contribution is -2.43. The van der Waals surface area contributed by atoms with Crippen molar-refractivity contribution in [3.8, 4) is 0 Å². The second-order valence-electron chi connectivity index (χ2n) is 15.5. The van der Waals surface area contributed by atoms with Crippen LogP contribution >= 0.6 is 0 Å². The van der Waals surface area contributed by atoms with Gasteiger partial charge in [-0.3, -0.25) is 4.79 Å². The number of carbonyl (C=O) groups is 1. The Kier molecular flexibility index (Phi) is 22.0. The predicted molar refractivity (Wildman–Crippen MR) is 187 cm³/mol. The zero-order chi connectivity index (χ0) is 32.5. The van der Waals surface area contributed by atoms with Crippen LogP contribution in [0, 0.1) is 10.8 Å². The van der Waals surface area contributed by atoms with Crippen LogP contribution in [0.3, 0.4) is 0 Å². The van der Waals surface area contributed by atoms with Gasteiger partial charge in [0.05, 0.1) is 33.9 Å². The molecule has 0 aliphatic heterocycles. The van der Waals surface area contributed by atoms with E-state index in [-0.39, 0.29) is 5.97 Å². The summed E-state index contributed by atoms with van der Waals surface area (Å²) in [4.78, 5) is 12.6. The Balaban J connectivity index is 1.43. The SMILES string of the molecule is CCCCCCCCCCCCCC[N+](C)(C)CCOC(=O)CCC12CCC(CCOCOCCOCCCCC)(CC1)CC2. The average molecular weight is 639 g/mol. The minimum Gasteiger partial charge on any atom is -0.460 e. The minimum absolute atomic E-state index is 0.0110. The van der Waals surface area contributed by atoms with Gasteiger partial charge in [-0.25, -0.2) is 0 Å². The summed E-state index contributed by atoms with van der Waals surface area (Å²) >= 11 is 0. The van der Waals surface area contributed by atoms with Crippen LogP contribution in [0.5, 0.6) is 0 Å². The highest BCUT2D eigenvalue weighted by atomic mass is 16.7.